The third-order valence-corrected chi connectivity index (χ3v) is 10.3. The van der Waals surface area contributed by atoms with Crippen LogP contribution in [0.1, 0.15) is 41.0 Å². The lowest BCUT2D eigenvalue weighted by Crippen LogP contribution is -2.30. The van der Waals surface area contributed by atoms with Gasteiger partial charge >= 0.3 is 5.97 Å². The van der Waals surface area contributed by atoms with Crippen molar-refractivity contribution in [2.45, 2.75) is 53.7 Å². The van der Waals surface area contributed by atoms with Gasteiger partial charge in [-0.2, -0.15) is 0 Å². The summed E-state index contributed by atoms with van der Waals surface area (Å²) in [6, 6.07) is 22.5. The van der Waals surface area contributed by atoms with Crippen molar-refractivity contribution in [3.05, 3.63) is 98.3 Å². The van der Waals surface area contributed by atoms with Crippen LogP contribution in [0.15, 0.2) is 71.2 Å². The molecule has 6 heteroatoms. The second-order valence-corrected chi connectivity index (χ2v) is 12.5. The molecule has 5 aromatic rings. The third-order valence-electron chi connectivity index (χ3n) is 7.94. The van der Waals surface area contributed by atoms with E-state index in [-0.39, 0.29) is 0 Å². The van der Waals surface area contributed by atoms with Crippen molar-refractivity contribution in [3.63, 3.8) is 0 Å². The van der Waals surface area contributed by atoms with E-state index in [9.17, 15) is 9.90 Å². The number of aliphatic carboxylic acids is 1. The fraction of sp³-hybridized carbons (Fsp3) is 0.286. The minimum absolute atomic E-state index is 0.304. The van der Waals surface area contributed by atoms with Gasteiger partial charge in [0.15, 0.2) is 6.10 Å². The highest BCUT2D eigenvalue weighted by molar-refractivity contribution is 9.11. The van der Waals surface area contributed by atoms with Crippen LogP contribution in [0.5, 0.6) is 5.75 Å². The van der Waals surface area contributed by atoms with Crippen LogP contribution in [0.25, 0.3) is 32.0 Å². The summed E-state index contributed by atoms with van der Waals surface area (Å²) in [5.74, 6) is -0.328. The van der Waals surface area contributed by atoms with Crippen LogP contribution in [0, 0.1) is 20.8 Å². The highest BCUT2D eigenvalue weighted by Gasteiger charge is 2.24. The van der Waals surface area contributed by atoms with E-state index >= 15 is 0 Å². The Morgan fingerprint density at radius 2 is 1.56 bits per heavy atom. The Morgan fingerprint density at radius 1 is 0.951 bits per heavy atom. The maximum absolute atomic E-state index is 12.2. The van der Waals surface area contributed by atoms with Gasteiger partial charge in [0.1, 0.15) is 5.75 Å². The number of thiophene rings is 1. The summed E-state index contributed by atoms with van der Waals surface area (Å²) >= 11 is 5.85. The average molecular weight is 631 g/mol. The highest BCUT2D eigenvalue weighted by Crippen LogP contribution is 2.48. The van der Waals surface area contributed by atoms with E-state index in [1.54, 1.807) is 0 Å². The van der Waals surface area contributed by atoms with Crippen molar-refractivity contribution in [1.29, 1.82) is 0 Å². The molecule has 4 nitrogen and oxygen atoms in total. The second kappa shape index (κ2) is 12.4. The van der Waals surface area contributed by atoms with Crippen LogP contribution in [0.4, 0.5) is 0 Å². The zero-order chi connectivity index (χ0) is 29.3. The quantitative estimate of drug-likeness (QED) is 0.167. The number of halogens is 1. The van der Waals surface area contributed by atoms with E-state index < -0.39 is 12.1 Å². The van der Waals surface area contributed by atoms with E-state index in [4.69, 9.17) is 4.74 Å². The predicted molar refractivity (Wildman–Crippen MR) is 176 cm³/mol. The number of hydrogen-bond acceptors (Lipinski definition) is 4. The van der Waals surface area contributed by atoms with Crippen molar-refractivity contribution in [3.8, 4) is 16.9 Å². The second-order valence-electron chi connectivity index (χ2n) is 10.6. The van der Waals surface area contributed by atoms with Crippen molar-refractivity contribution in [1.82, 2.24) is 4.90 Å². The monoisotopic (exact) mass is 629 g/mol. The summed E-state index contributed by atoms with van der Waals surface area (Å²) < 4.78 is 8.62. The Morgan fingerprint density at radius 3 is 2.17 bits per heavy atom. The normalized spacial score (nSPS) is 12.4. The van der Waals surface area contributed by atoms with Gasteiger partial charge < -0.3 is 9.84 Å². The standard InChI is InChI=1S/C35H36BrNO3S/c1-6-37(7-2)20-29-23(5)30-31(26-15-11-12-16-27(26)32(36)34(30)41-29)25-17-21(3)33(22(4)18-25)40-28(35(38)39)19-24-13-9-8-10-14-24/h8-18,28H,6-7,19-20H2,1-5H3,(H,38,39)/t28-/m1/s1. The molecule has 0 amide bonds. The SMILES string of the molecule is CCN(CC)Cc1sc2c(Br)c3ccccc3c(-c3cc(C)c(O[C@H](Cc4ccccc4)C(=O)O)c(C)c3)c2c1C. The molecule has 0 bridgehead atoms. The lowest BCUT2D eigenvalue weighted by molar-refractivity contribution is -0.145. The van der Waals surface area contributed by atoms with Gasteiger partial charge in [0.2, 0.25) is 0 Å². The molecule has 0 aliphatic heterocycles. The van der Waals surface area contributed by atoms with E-state index in [0.717, 1.165) is 46.4 Å². The molecule has 0 saturated heterocycles. The summed E-state index contributed by atoms with van der Waals surface area (Å²) in [7, 11) is 0. The number of rotatable bonds is 10. The molecule has 4 aromatic carbocycles. The summed E-state index contributed by atoms with van der Waals surface area (Å²) in [6.07, 6.45) is -0.666. The molecule has 1 atom stereocenters. The number of aryl methyl sites for hydroxylation is 3. The Hall–Kier alpha value is -3.19. The minimum Gasteiger partial charge on any atom is -0.478 e. The van der Waals surface area contributed by atoms with Gasteiger partial charge in [0.05, 0.1) is 4.70 Å². The maximum Gasteiger partial charge on any atom is 0.345 e. The Kier molecular flexibility index (Phi) is 8.83. The van der Waals surface area contributed by atoms with Crippen molar-refractivity contribution in [2.75, 3.05) is 13.1 Å². The van der Waals surface area contributed by atoms with Gasteiger partial charge in [-0.1, -0.05) is 68.4 Å². The van der Waals surface area contributed by atoms with Gasteiger partial charge in [-0.25, -0.2) is 4.79 Å². The first-order valence-corrected chi connectivity index (χ1v) is 15.7. The largest absolute Gasteiger partial charge is 0.478 e. The van der Waals surface area contributed by atoms with Gasteiger partial charge in [0, 0.05) is 27.7 Å². The molecule has 0 unspecified atom stereocenters. The summed E-state index contributed by atoms with van der Waals surface area (Å²) in [6.45, 7) is 13.7. The average Bonchev–Trinajstić information content (AvgIpc) is 3.29. The Labute approximate surface area is 254 Å². The summed E-state index contributed by atoms with van der Waals surface area (Å²) in [5.41, 5.74) is 6.44. The van der Waals surface area contributed by atoms with Crippen LogP contribution in [-0.4, -0.2) is 35.2 Å². The van der Waals surface area contributed by atoms with Crippen LogP contribution in [0.3, 0.4) is 0 Å². The fourth-order valence-corrected chi connectivity index (χ4v) is 7.79. The number of ether oxygens (including phenoxy) is 1. The number of fused-ring (bicyclic) bond motifs is 2. The molecule has 212 valence electrons. The number of carboxylic acids is 1. The molecule has 0 radical (unpaired) electrons. The maximum atomic E-state index is 12.2. The van der Waals surface area contributed by atoms with Crippen molar-refractivity contribution in [2.24, 2.45) is 0 Å². The Bertz CT molecular complexity index is 1700. The fourth-order valence-electron chi connectivity index (χ4n) is 5.70. The number of hydrogen-bond donors (Lipinski definition) is 1. The topological polar surface area (TPSA) is 49.8 Å². The molecule has 0 aliphatic carbocycles. The van der Waals surface area contributed by atoms with E-state index in [1.165, 1.54) is 36.9 Å². The molecular weight excluding hydrogens is 594 g/mol. The Balaban J connectivity index is 1.64. The first-order chi connectivity index (χ1) is 19.7. The first-order valence-electron chi connectivity index (χ1n) is 14.1. The van der Waals surface area contributed by atoms with Crippen LogP contribution in [0.2, 0.25) is 0 Å². The van der Waals surface area contributed by atoms with Crippen LogP contribution < -0.4 is 4.74 Å². The number of benzene rings is 4. The van der Waals surface area contributed by atoms with Crippen molar-refractivity contribution < 1.29 is 14.6 Å². The molecule has 1 aromatic heterocycles. The molecule has 0 aliphatic rings. The summed E-state index contributed by atoms with van der Waals surface area (Å²) in [4.78, 5) is 16.0. The summed E-state index contributed by atoms with van der Waals surface area (Å²) in [5, 5.41) is 13.6. The first kappa shape index (κ1) is 29.3. The third kappa shape index (κ3) is 5.78. The highest BCUT2D eigenvalue weighted by atomic mass is 79.9. The molecule has 41 heavy (non-hydrogen) atoms. The minimum atomic E-state index is -0.970. The lowest BCUT2D eigenvalue weighted by atomic mass is 9.91. The number of nitrogens with zero attached hydrogens (tertiary/aromatic N) is 1. The smallest absolute Gasteiger partial charge is 0.345 e. The molecule has 0 spiro atoms. The van der Waals surface area contributed by atoms with Gasteiger partial charge in [-0.3, -0.25) is 4.90 Å². The van der Waals surface area contributed by atoms with Crippen molar-refractivity contribution >= 4 is 54.1 Å². The zero-order valence-electron chi connectivity index (χ0n) is 24.3. The number of carbonyl (C=O) groups is 1. The molecule has 0 fully saturated rings. The molecule has 0 saturated carbocycles. The van der Waals surface area contributed by atoms with E-state index in [1.807, 2.05) is 55.5 Å². The number of carboxylic acid groups (broad SMARTS) is 1. The molecule has 1 N–H and O–H groups in total. The zero-order valence-corrected chi connectivity index (χ0v) is 26.7. The van der Waals surface area contributed by atoms with E-state index in [0.29, 0.717) is 12.2 Å². The van der Waals surface area contributed by atoms with Gasteiger partial charge in [-0.05, 0) is 106 Å². The van der Waals surface area contributed by atoms with E-state index in [2.05, 4.69) is 78.0 Å². The lowest BCUT2D eigenvalue weighted by Gasteiger charge is -2.21. The van der Waals surface area contributed by atoms with Crippen LogP contribution in [-0.2, 0) is 17.8 Å². The van der Waals surface area contributed by atoms with Crippen LogP contribution >= 0.6 is 27.3 Å². The van der Waals surface area contributed by atoms with Gasteiger partial charge in [-0.15, -0.1) is 11.3 Å². The molecule has 5 rings (SSSR count). The predicted octanol–water partition coefficient (Wildman–Crippen LogP) is 9.33. The molecular formula is C35H36BrNO3S. The molecule has 1 heterocycles. The van der Waals surface area contributed by atoms with Gasteiger partial charge in [0.25, 0.3) is 0 Å².